The number of aliphatic hydroxyl groups is 1. The fourth-order valence-corrected chi connectivity index (χ4v) is 2.56. The van der Waals surface area contributed by atoms with Crippen molar-refractivity contribution in [1.82, 2.24) is 0 Å². The van der Waals surface area contributed by atoms with Crippen molar-refractivity contribution in [2.24, 2.45) is 0 Å². The molecule has 0 aromatic carbocycles. The van der Waals surface area contributed by atoms with Crippen LogP contribution in [0.4, 0.5) is 0 Å². The van der Waals surface area contributed by atoms with E-state index in [0.29, 0.717) is 6.61 Å². The van der Waals surface area contributed by atoms with E-state index in [-0.39, 0.29) is 5.57 Å². The number of carboxylic acids is 2. The Bertz CT molecular complexity index is 338. The smallest absolute Gasteiger partial charge is 0.331 e. The SMILES string of the molecule is C=C(CC(=O)O)C(=O)O.CCCCCCCCCCCCCCCCO. The second kappa shape index (κ2) is 21.7. The van der Waals surface area contributed by atoms with Crippen molar-refractivity contribution in [3.8, 4) is 0 Å². The first-order chi connectivity index (χ1) is 12.5. The molecule has 3 N–H and O–H groups in total. The number of aliphatic carboxylic acids is 2. The summed E-state index contributed by atoms with van der Waals surface area (Å²) in [5, 5.41) is 24.7. The van der Waals surface area contributed by atoms with Crippen molar-refractivity contribution in [1.29, 1.82) is 0 Å². The Morgan fingerprint density at radius 3 is 1.27 bits per heavy atom. The number of carboxylic acid groups (broad SMARTS) is 2. The van der Waals surface area contributed by atoms with Crippen LogP contribution in [-0.2, 0) is 9.59 Å². The molecule has 5 nitrogen and oxygen atoms in total. The molecule has 0 amide bonds. The number of carbonyl (C=O) groups is 2. The summed E-state index contributed by atoms with van der Waals surface area (Å²) < 4.78 is 0. The fourth-order valence-electron chi connectivity index (χ4n) is 2.56. The number of unbranched alkanes of at least 4 members (excludes halogenated alkanes) is 13. The molecule has 0 radical (unpaired) electrons. The van der Waals surface area contributed by atoms with E-state index in [4.69, 9.17) is 15.3 Å². The first-order valence-corrected chi connectivity index (χ1v) is 10.2. The predicted octanol–water partition coefficient (Wildman–Crippen LogP) is 5.56. The molecular weight excluding hydrogens is 332 g/mol. The maximum atomic E-state index is 9.87. The molecule has 0 unspecified atom stereocenters. The molecule has 0 atom stereocenters. The van der Waals surface area contributed by atoms with E-state index in [1.165, 1.54) is 83.5 Å². The fraction of sp³-hybridized carbons (Fsp3) is 0.810. The van der Waals surface area contributed by atoms with Gasteiger partial charge in [0.1, 0.15) is 0 Å². The van der Waals surface area contributed by atoms with E-state index in [2.05, 4.69) is 13.5 Å². The van der Waals surface area contributed by atoms with Crippen LogP contribution in [0.25, 0.3) is 0 Å². The molecule has 0 fully saturated rings. The zero-order valence-corrected chi connectivity index (χ0v) is 16.7. The van der Waals surface area contributed by atoms with E-state index in [0.717, 1.165) is 6.42 Å². The van der Waals surface area contributed by atoms with E-state index in [9.17, 15) is 9.59 Å². The van der Waals surface area contributed by atoms with Gasteiger partial charge in [-0.15, -0.1) is 0 Å². The third kappa shape index (κ3) is 24.9. The average Bonchev–Trinajstić information content (AvgIpc) is 2.59. The third-order valence-corrected chi connectivity index (χ3v) is 4.18. The van der Waals surface area contributed by atoms with Gasteiger partial charge >= 0.3 is 11.9 Å². The molecule has 0 aliphatic heterocycles. The lowest BCUT2D eigenvalue weighted by Crippen LogP contribution is -2.04. The molecule has 0 aromatic heterocycles. The van der Waals surface area contributed by atoms with Crippen molar-refractivity contribution in [2.75, 3.05) is 6.61 Å². The summed E-state index contributed by atoms with van der Waals surface area (Å²) in [5.41, 5.74) is -0.303. The monoisotopic (exact) mass is 372 g/mol. The summed E-state index contributed by atoms with van der Waals surface area (Å²) in [6.45, 7) is 5.67. The summed E-state index contributed by atoms with van der Waals surface area (Å²) in [7, 11) is 0. The van der Waals surface area contributed by atoms with E-state index in [1.54, 1.807) is 0 Å². The molecule has 0 spiro atoms. The lowest BCUT2D eigenvalue weighted by molar-refractivity contribution is -0.139. The van der Waals surface area contributed by atoms with E-state index in [1.807, 2.05) is 0 Å². The predicted molar refractivity (Wildman–Crippen MR) is 106 cm³/mol. The minimum absolute atomic E-state index is 0.303. The maximum absolute atomic E-state index is 9.87. The molecule has 0 heterocycles. The largest absolute Gasteiger partial charge is 0.481 e. The van der Waals surface area contributed by atoms with Gasteiger partial charge in [0.15, 0.2) is 0 Å². The standard InChI is InChI=1S/C16H34O.C5H6O4/c1-2-3-4-5-6-7-8-9-10-11-12-13-14-15-16-17;1-3(5(8)9)2-4(6)7/h17H,2-16H2,1H3;1-2H2,(H,6,7)(H,8,9). The van der Waals surface area contributed by atoms with Gasteiger partial charge in [-0.3, -0.25) is 4.79 Å². The number of hydrogen-bond donors (Lipinski definition) is 3. The molecule has 0 rings (SSSR count). The van der Waals surface area contributed by atoms with Crippen LogP contribution in [0.15, 0.2) is 12.2 Å². The summed E-state index contributed by atoms with van der Waals surface area (Å²) in [4.78, 5) is 19.7. The average molecular weight is 373 g/mol. The lowest BCUT2D eigenvalue weighted by atomic mass is 10.0. The van der Waals surface area contributed by atoms with Crippen molar-refractivity contribution < 1.29 is 24.9 Å². The van der Waals surface area contributed by atoms with Crippen LogP contribution in [0.2, 0.25) is 0 Å². The van der Waals surface area contributed by atoms with Gasteiger partial charge in [-0.25, -0.2) is 4.79 Å². The van der Waals surface area contributed by atoms with Gasteiger partial charge in [-0.05, 0) is 6.42 Å². The van der Waals surface area contributed by atoms with Gasteiger partial charge in [0.2, 0.25) is 0 Å². The molecule has 0 aliphatic rings. The van der Waals surface area contributed by atoms with Crippen molar-refractivity contribution in [3.05, 3.63) is 12.2 Å². The topological polar surface area (TPSA) is 94.8 Å². The van der Waals surface area contributed by atoms with Crippen molar-refractivity contribution in [3.63, 3.8) is 0 Å². The molecular formula is C21H40O5. The van der Waals surface area contributed by atoms with Gasteiger partial charge in [0.05, 0.1) is 6.42 Å². The van der Waals surface area contributed by atoms with Crippen LogP contribution in [-0.4, -0.2) is 33.9 Å². The molecule has 0 aromatic rings. The summed E-state index contributed by atoms with van der Waals surface area (Å²) in [6.07, 6.45) is 18.7. The Balaban J connectivity index is 0. The molecule has 26 heavy (non-hydrogen) atoms. The highest BCUT2D eigenvalue weighted by atomic mass is 16.4. The summed E-state index contributed by atoms with van der Waals surface area (Å²) in [6, 6.07) is 0. The van der Waals surface area contributed by atoms with Crippen molar-refractivity contribution in [2.45, 2.75) is 103 Å². The Morgan fingerprint density at radius 2 is 1.04 bits per heavy atom. The molecule has 0 saturated heterocycles. The third-order valence-electron chi connectivity index (χ3n) is 4.18. The van der Waals surface area contributed by atoms with Gasteiger partial charge in [0, 0.05) is 12.2 Å². The Morgan fingerprint density at radius 1 is 0.692 bits per heavy atom. The van der Waals surface area contributed by atoms with Crippen LogP contribution in [0.5, 0.6) is 0 Å². The highest BCUT2D eigenvalue weighted by molar-refractivity contribution is 5.91. The Hall–Kier alpha value is -1.36. The summed E-state index contributed by atoms with van der Waals surface area (Å²) >= 11 is 0. The maximum Gasteiger partial charge on any atom is 0.331 e. The Kier molecular flexibility index (Phi) is 22.4. The highest BCUT2D eigenvalue weighted by Gasteiger charge is 2.07. The van der Waals surface area contributed by atoms with Crippen LogP contribution < -0.4 is 0 Å². The normalized spacial score (nSPS) is 10.1. The van der Waals surface area contributed by atoms with Crippen LogP contribution in [0, 0.1) is 0 Å². The number of rotatable bonds is 17. The minimum atomic E-state index is -1.27. The first-order valence-electron chi connectivity index (χ1n) is 10.2. The molecule has 0 bridgehead atoms. The zero-order chi connectivity index (χ0) is 20.0. The van der Waals surface area contributed by atoms with Crippen LogP contribution in [0.1, 0.15) is 103 Å². The lowest BCUT2D eigenvalue weighted by Gasteiger charge is -2.02. The van der Waals surface area contributed by atoms with E-state index < -0.39 is 18.4 Å². The van der Waals surface area contributed by atoms with Crippen LogP contribution in [0.3, 0.4) is 0 Å². The molecule has 0 aliphatic carbocycles. The highest BCUT2D eigenvalue weighted by Crippen LogP contribution is 2.12. The second-order valence-corrected chi connectivity index (χ2v) is 6.80. The minimum Gasteiger partial charge on any atom is -0.481 e. The number of hydrogen-bond acceptors (Lipinski definition) is 3. The van der Waals surface area contributed by atoms with Gasteiger partial charge in [0.25, 0.3) is 0 Å². The molecule has 0 saturated carbocycles. The number of aliphatic hydroxyl groups excluding tert-OH is 1. The van der Waals surface area contributed by atoms with Gasteiger partial charge < -0.3 is 15.3 Å². The van der Waals surface area contributed by atoms with Gasteiger partial charge in [-0.1, -0.05) is 97.0 Å². The molecule has 154 valence electrons. The van der Waals surface area contributed by atoms with E-state index >= 15 is 0 Å². The summed E-state index contributed by atoms with van der Waals surface area (Å²) in [5.74, 6) is -2.44. The van der Waals surface area contributed by atoms with Crippen molar-refractivity contribution >= 4 is 11.9 Å². The van der Waals surface area contributed by atoms with Gasteiger partial charge in [-0.2, -0.15) is 0 Å². The zero-order valence-electron chi connectivity index (χ0n) is 16.7. The first kappa shape index (κ1) is 26.9. The second-order valence-electron chi connectivity index (χ2n) is 6.80. The van der Waals surface area contributed by atoms with Crippen LogP contribution >= 0.6 is 0 Å². The molecule has 5 heteroatoms. The quantitative estimate of drug-likeness (QED) is 0.229. The Labute approximate surface area is 159 Å².